The third-order valence-corrected chi connectivity index (χ3v) is 3.90. The standard InChI is InChI=1S/C18H24N2O4/c1-5-23-17(21)15-11(3)9-19-13(15)7-8-14-16(12(4)10-20-14)18(22)24-6-2/h9-10,19-20H,5-8H2,1-4H3. The summed E-state index contributed by atoms with van der Waals surface area (Å²) in [6, 6.07) is 0. The van der Waals surface area contributed by atoms with Crippen LogP contribution in [0.2, 0.25) is 0 Å². The van der Waals surface area contributed by atoms with Crippen LogP contribution >= 0.6 is 0 Å². The summed E-state index contributed by atoms with van der Waals surface area (Å²) >= 11 is 0. The number of ether oxygens (including phenoxy) is 2. The first-order chi connectivity index (χ1) is 11.5. The van der Waals surface area contributed by atoms with Crippen LogP contribution < -0.4 is 0 Å². The van der Waals surface area contributed by atoms with Gasteiger partial charge in [0.2, 0.25) is 0 Å². The average Bonchev–Trinajstić information content (AvgIpc) is 3.08. The molecule has 2 rings (SSSR count). The van der Waals surface area contributed by atoms with Gasteiger partial charge in [-0.2, -0.15) is 0 Å². The topological polar surface area (TPSA) is 84.2 Å². The van der Waals surface area contributed by atoms with E-state index in [1.807, 2.05) is 13.8 Å². The van der Waals surface area contributed by atoms with Crippen molar-refractivity contribution in [1.29, 1.82) is 0 Å². The lowest BCUT2D eigenvalue weighted by molar-refractivity contribution is 0.0513. The third-order valence-electron chi connectivity index (χ3n) is 3.90. The Hall–Kier alpha value is -2.50. The van der Waals surface area contributed by atoms with Crippen molar-refractivity contribution in [1.82, 2.24) is 9.97 Å². The molecule has 0 saturated carbocycles. The summed E-state index contributed by atoms with van der Waals surface area (Å²) in [5, 5.41) is 0. The number of rotatable bonds is 7. The van der Waals surface area contributed by atoms with Crippen LogP contribution in [0, 0.1) is 13.8 Å². The Bertz CT molecular complexity index is 665. The number of hydrogen-bond acceptors (Lipinski definition) is 4. The van der Waals surface area contributed by atoms with Gasteiger partial charge in [0.05, 0.1) is 24.3 Å². The number of aryl methyl sites for hydroxylation is 4. The molecule has 2 heterocycles. The molecule has 0 amide bonds. The number of carbonyl (C=O) groups excluding carboxylic acids is 2. The lowest BCUT2D eigenvalue weighted by Crippen LogP contribution is -2.11. The van der Waals surface area contributed by atoms with Crippen molar-refractivity contribution in [2.24, 2.45) is 0 Å². The lowest BCUT2D eigenvalue weighted by atomic mass is 10.0. The number of nitrogens with one attached hydrogen (secondary N) is 2. The number of esters is 2. The molecule has 0 spiro atoms. The van der Waals surface area contributed by atoms with E-state index in [4.69, 9.17) is 9.47 Å². The summed E-state index contributed by atoms with van der Waals surface area (Å²) in [4.78, 5) is 30.5. The van der Waals surface area contributed by atoms with Crippen LogP contribution in [0.1, 0.15) is 57.1 Å². The van der Waals surface area contributed by atoms with Gasteiger partial charge in [0.15, 0.2) is 0 Å². The highest BCUT2D eigenvalue weighted by molar-refractivity contribution is 5.93. The van der Waals surface area contributed by atoms with Crippen molar-refractivity contribution >= 4 is 11.9 Å². The van der Waals surface area contributed by atoms with Crippen molar-refractivity contribution in [3.05, 3.63) is 46.0 Å². The van der Waals surface area contributed by atoms with Crippen molar-refractivity contribution in [2.75, 3.05) is 13.2 Å². The van der Waals surface area contributed by atoms with Gasteiger partial charge in [-0.3, -0.25) is 0 Å². The third kappa shape index (κ3) is 3.69. The second-order valence-electron chi connectivity index (χ2n) is 5.59. The molecular weight excluding hydrogens is 308 g/mol. The van der Waals surface area contributed by atoms with Crippen LogP contribution in [-0.4, -0.2) is 35.1 Å². The first-order valence-electron chi connectivity index (χ1n) is 8.17. The minimum Gasteiger partial charge on any atom is -0.462 e. The maximum Gasteiger partial charge on any atom is 0.340 e. The fourth-order valence-corrected chi connectivity index (χ4v) is 2.77. The molecule has 0 aliphatic heterocycles. The molecule has 24 heavy (non-hydrogen) atoms. The second kappa shape index (κ2) is 7.86. The lowest BCUT2D eigenvalue weighted by Gasteiger charge is -2.07. The Morgan fingerprint density at radius 1 is 0.833 bits per heavy atom. The van der Waals surface area contributed by atoms with Gasteiger partial charge in [-0.25, -0.2) is 9.59 Å². The maximum atomic E-state index is 12.1. The van der Waals surface area contributed by atoms with E-state index in [0.717, 1.165) is 22.5 Å². The van der Waals surface area contributed by atoms with E-state index in [0.29, 0.717) is 37.2 Å². The molecule has 2 aromatic rings. The quantitative estimate of drug-likeness (QED) is 0.763. The first-order valence-corrected chi connectivity index (χ1v) is 8.17. The normalized spacial score (nSPS) is 10.7. The molecule has 6 heteroatoms. The molecule has 0 bridgehead atoms. The van der Waals surface area contributed by atoms with E-state index in [1.165, 1.54) is 0 Å². The van der Waals surface area contributed by atoms with E-state index in [9.17, 15) is 9.59 Å². The van der Waals surface area contributed by atoms with Gasteiger partial charge in [-0.05, 0) is 51.7 Å². The van der Waals surface area contributed by atoms with Gasteiger partial charge in [0.1, 0.15) is 0 Å². The van der Waals surface area contributed by atoms with Crippen molar-refractivity contribution in [3.63, 3.8) is 0 Å². The number of aromatic amines is 2. The van der Waals surface area contributed by atoms with Gasteiger partial charge in [-0.15, -0.1) is 0 Å². The molecule has 0 aliphatic rings. The molecule has 2 aromatic heterocycles. The molecule has 2 N–H and O–H groups in total. The average molecular weight is 332 g/mol. The van der Waals surface area contributed by atoms with Crippen LogP contribution in [0.3, 0.4) is 0 Å². The molecule has 0 aliphatic carbocycles. The Balaban J connectivity index is 2.18. The smallest absolute Gasteiger partial charge is 0.340 e. The Kier molecular flexibility index (Phi) is 5.84. The van der Waals surface area contributed by atoms with Gasteiger partial charge in [0.25, 0.3) is 0 Å². The highest BCUT2D eigenvalue weighted by Gasteiger charge is 2.20. The predicted octanol–water partition coefficient (Wildman–Crippen LogP) is 3.10. The molecule has 0 fully saturated rings. The second-order valence-corrected chi connectivity index (χ2v) is 5.59. The highest BCUT2D eigenvalue weighted by Crippen LogP contribution is 2.20. The van der Waals surface area contributed by atoms with E-state index >= 15 is 0 Å². The van der Waals surface area contributed by atoms with Crippen molar-refractivity contribution in [2.45, 2.75) is 40.5 Å². The number of H-pyrrole nitrogens is 2. The Morgan fingerprint density at radius 2 is 1.21 bits per heavy atom. The van der Waals surface area contributed by atoms with Gasteiger partial charge >= 0.3 is 11.9 Å². The molecule has 0 atom stereocenters. The fraction of sp³-hybridized carbons (Fsp3) is 0.444. The van der Waals surface area contributed by atoms with Gasteiger partial charge in [0, 0.05) is 23.8 Å². The van der Waals surface area contributed by atoms with Crippen LogP contribution in [0.5, 0.6) is 0 Å². The van der Waals surface area contributed by atoms with Crippen LogP contribution in [0.4, 0.5) is 0 Å². The monoisotopic (exact) mass is 332 g/mol. The SMILES string of the molecule is CCOC(=O)c1c(C)c[nH]c1CCc1[nH]cc(C)c1C(=O)OCC. The van der Waals surface area contributed by atoms with Crippen LogP contribution in [0.15, 0.2) is 12.4 Å². The first kappa shape index (κ1) is 17.8. The van der Waals surface area contributed by atoms with Crippen molar-refractivity contribution in [3.8, 4) is 0 Å². The molecule has 0 aromatic carbocycles. The zero-order valence-electron chi connectivity index (χ0n) is 14.6. The summed E-state index contributed by atoms with van der Waals surface area (Å²) in [6.45, 7) is 7.99. The van der Waals surface area contributed by atoms with E-state index in [-0.39, 0.29) is 11.9 Å². The van der Waals surface area contributed by atoms with Crippen LogP contribution in [-0.2, 0) is 22.3 Å². The number of hydrogen-bond donors (Lipinski definition) is 2. The molecule has 6 nitrogen and oxygen atoms in total. The summed E-state index contributed by atoms with van der Waals surface area (Å²) in [5.74, 6) is -0.640. The minimum atomic E-state index is -0.320. The highest BCUT2D eigenvalue weighted by atomic mass is 16.5. The Labute approximate surface area is 141 Å². The molecular formula is C18H24N2O4. The largest absolute Gasteiger partial charge is 0.462 e. The zero-order chi connectivity index (χ0) is 17.7. The number of aromatic nitrogens is 2. The van der Waals surface area contributed by atoms with Gasteiger partial charge in [-0.1, -0.05) is 0 Å². The summed E-state index contributed by atoms with van der Waals surface area (Å²) in [6.07, 6.45) is 4.78. The predicted molar refractivity (Wildman–Crippen MR) is 90.4 cm³/mol. The molecule has 0 radical (unpaired) electrons. The van der Waals surface area contributed by atoms with E-state index in [1.54, 1.807) is 26.2 Å². The fourth-order valence-electron chi connectivity index (χ4n) is 2.77. The molecule has 0 saturated heterocycles. The van der Waals surface area contributed by atoms with E-state index in [2.05, 4.69) is 9.97 Å². The van der Waals surface area contributed by atoms with Crippen molar-refractivity contribution < 1.29 is 19.1 Å². The van der Waals surface area contributed by atoms with E-state index < -0.39 is 0 Å². The molecule has 130 valence electrons. The zero-order valence-corrected chi connectivity index (χ0v) is 14.6. The maximum absolute atomic E-state index is 12.1. The minimum absolute atomic E-state index is 0.320. The number of carbonyl (C=O) groups is 2. The summed E-state index contributed by atoms with van der Waals surface area (Å²) < 4.78 is 10.2. The van der Waals surface area contributed by atoms with Gasteiger partial charge < -0.3 is 19.4 Å². The Morgan fingerprint density at radius 3 is 1.54 bits per heavy atom. The molecule has 0 unspecified atom stereocenters. The van der Waals surface area contributed by atoms with Crippen LogP contribution in [0.25, 0.3) is 0 Å². The summed E-state index contributed by atoms with van der Waals surface area (Å²) in [7, 11) is 0. The summed E-state index contributed by atoms with van der Waals surface area (Å²) in [5.41, 5.74) is 4.50.